The number of nitrogens with zero attached hydrogens (tertiary/aromatic N) is 3. The van der Waals surface area contributed by atoms with Gasteiger partial charge in [-0.25, -0.2) is 18.7 Å². The van der Waals surface area contributed by atoms with Crippen molar-refractivity contribution < 1.29 is 8.78 Å². The van der Waals surface area contributed by atoms with Crippen LogP contribution in [0.2, 0.25) is 0 Å². The fourth-order valence-electron chi connectivity index (χ4n) is 4.29. The number of aromatic nitrogens is 2. The van der Waals surface area contributed by atoms with Gasteiger partial charge in [-0.3, -0.25) is 0 Å². The van der Waals surface area contributed by atoms with Crippen molar-refractivity contribution in [3.05, 3.63) is 46.3 Å². The highest BCUT2D eigenvalue weighted by molar-refractivity contribution is 9.10. The van der Waals surface area contributed by atoms with Crippen LogP contribution in [-0.4, -0.2) is 16.5 Å². The zero-order valence-electron chi connectivity index (χ0n) is 12.9. The third-order valence-electron chi connectivity index (χ3n) is 4.79. The standard InChI is InChI=1S/C17H16BrF2N3/c1-16(2)7-17(8-16)9-23(10-3-4-11(19)12(20)5-10)15-14(17)22-13(18)6-21-15/h3-6H,7-9H2,1-2H3. The van der Waals surface area contributed by atoms with Crippen molar-refractivity contribution in [1.29, 1.82) is 0 Å². The summed E-state index contributed by atoms with van der Waals surface area (Å²) in [7, 11) is 0. The van der Waals surface area contributed by atoms with Gasteiger partial charge in [-0.05, 0) is 46.3 Å². The summed E-state index contributed by atoms with van der Waals surface area (Å²) >= 11 is 3.39. The van der Waals surface area contributed by atoms with E-state index in [0.717, 1.165) is 30.4 Å². The van der Waals surface area contributed by atoms with Crippen LogP contribution in [0.4, 0.5) is 20.3 Å². The molecule has 0 atom stereocenters. The smallest absolute Gasteiger partial charge is 0.160 e. The molecule has 0 bridgehead atoms. The minimum atomic E-state index is -0.844. The van der Waals surface area contributed by atoms with Crippen molar-refractivity contribution in [2.24, 2.45) is 5.41 Å². The molecule has 0 radical (unpaired) electrons. The maximum Gasteiger partial charge on any atom is 0.160 e. The van der Waals surface area contributed by atoms with E-state index in [-0.39, 0.29) is 10.8 Å². The second-order valence-corrected chi connectivity index (χ2v) is 8.16. The first-order valence-corrected chi connectivity index (χ1v) is 8.35. The van der Waals surface area contributed by atoms with Gasteiger partial charge in [-0.1, -0.05) is 13.8 Å². The molecule has 0 N–H and O–H groups in total. The number of rotatable bonds is 1. The number of benzene rings is 1. The molecule has 1 fully saturated rings. The van der Waals surface area contributed by atoms with E-state index in [1.807, 2.05) is 4.90 Å². The molecule has 6 heteroatoms. The van der Waals surface area contributed by atoms with E-state index in [4.69, 9.17) is 0 Å². The molecule has 2 heterocycles. The molecule has 3 nitrogen and oxygen atoms in total. The van der Waals surface area contributed by atoms with Gasteiger partial charge in [-0.2, -0.15) is 0 Å². The minimum Gasteiger partial charge on any atom is -0.324 e. The number of hydrogen-bond acceptors (Lipinski definition) is 3. The molecule has 0 amide bonds. The van der Waals surface area contributed by atoms with Crippen LogP contribution in [0.15, 0.2) is 29.0 Å². The Hall–Kier alpha value is -1.56. The highest BCUT2D eigenvalue weighted by atomic mass is 79.9. The summed E-state index contributed by atoms with van der Waals surface area (Å²) in [4.78, 5) is 11.1. The number of hydrogen-bond donors (Lipinski definition) is 0. The minimum absolute atomic E-state index is 0.0551. The van der Waals surface area contributed by atoms with Crippen LogP contribution in [0.3, 0.4) is 0 Å². The first-order chi connectivity index (χ1) is 10.8. The van der Waals surface area contributed by atoms with Gasteiger partial charge in [0.25, 0.3) is 0 Å². The van der Waals surface area contributed by atoms with Crippen LogP contribution >= 0.6 is 15.9 Å². The lowest BCUT2D eigenvalue weighted by atomic mass is 9.54. The Balaban J connectivity index is 1.80. The van der Waals surface area contributed by atoms with Gasteiger partial charge >= 0.3 is 0 Å². The third kappa shape index (κ3) is 2.26. The normalized spacial score (nSPS) is 20.5. The number of fused-ring (bicyclic) bond motifs is 2. The van der Waals surface area contributed by atoms with Crippen LogP contribution in [0.5, 0.6) is 0 Å². The van der Waals surface area contributed by atoms with Crippen LogP contribution < -0.4 is 4.90 Å². The van der Waals surface area contributed by atoms with Crippen LogP contribution in [0.25, 0.3) is 0 Å². The Kier molecular flexibility index (Phi) is 3.08. The maximum absolute atomic E-state index is 13.6. The predicted octanol–water partition coefficient (Wildman–Crippen LogP) is 4.73. The summed E-state index contributed by atoms with van der Waals surface area (Å²) in [5.74, 6) is -0.937. The van der Waals surface area contributed by atoms with E-state index in [1.165, 1.54) is 6.07 Å². The first kappa shape index (κ1) is 15.0. The Morgan fingerprint density at radius 1 is 1.17 bits per heavy atom. The molecule has 0 saturated heterocycles. The van der Waals surface area contributed by atoms with Gasteiger partial charge in [0.2, 0.25) is 0 Å². The average Bonchev–Trinajstić information content (AvgIpc) is 2.75. The van der Waals surface area contributed by atoms with Crippen molar-refractivity contribution in [3.63, 3.8) is 0 Å². The van der Waals surface area contributed by atoms with Crippen molar-refractivity contribution in [1.82, 2.24) is 9.97 Å². The average molecular weight is 380 g/mol. The molecule has 0 unspecified atom stereocenters. The molecule has 23 heavy (non-hydrogen) atoms. The van der Waals surface area contributed by atoms with Gasteiger partial charge in [0.1, 0.15) is 4.60 Å². The van der Waals surface area contributed by atoms with E-state index in [9.17, 15) is 8.78 Å². The van der Waals surface area contributed by atoms with Crippen LogP contribution in [0, 0.1) is 17.0 Å². The second-order valence-electron chi connectivity index (χ2n) is 7.35. The molecular weight excluding hydrogens is 364 g/mol. The molecule has 120 valence electrons. The third-order valence-corrected chi connectivity index (χ3v) is 5.17. The fraction of sp³-hybridized carbons (Fsp3) is 0.412. The Morgan fingerprint density at radius 2 is 1.91 bits per heavy atom. The molecular formula is C17H16BrF2N3. The molecule has 1 spiro atoms. The van der Waals surface area contributed by atoms with Crippen LogP contribution in [0.1, 0.15) is 32.4 Å². The molecule has 1 saturated carbocycles. The molecule has 1 aliphatic heterocycles. The SMILES string of the molecule is CC1(C)CC2(CN(c3ccc(F)c(F)c3)c3ncc(Br)nc32)C1. The zero-order chi connectivity index (χ0) is 16.4. The van der Waals surface area contributed by atoms with Crippen molar-refractivity contribution in [2.45, 2.75) is 32.1 Å². The molecule has 1 aliphatic carbocycles. The summed E-state index contributed by atoms with van der Waals surface area (Å²) < 4.78 is 27.6. The first-order valence-electron chi connectivity index (χ1n) is 7.55. The van der Waals surface area contributed by atoms with Gasteiger partial charge in [0, 0.05) is 23.7 Å². The summed E-state index contributed by atoms with van der Waals surface area (Å²) in [5, 5.41) is 0. The van der Waals surface area contributed by atoms with Gasteiger partial charge in [0.15, 0.2) is 17.5 Å². The monoisotopic (exact) mass is 379 g/mol. The Labute approximate surface area is 141 Å². The van der Waals surface area contributed by atoms with Crippen LogP contribution in [-0.2, 0) is 5.41 Å². The molecule has 1 aromatic heterocycles. The molecule has 1 aromatic carbocycles. The van der Waals surface area contributed by atoms with Gasteiger partial charge in [0.05, 0.1) is 11.9 Å². The molecule has 2 aromatic rings. The lowest BCUT2D eigenvalue weighted by molar-refractivity contribution is 0.0670. The summed E-state index contributed by atoms with van der Waals surface area (Å²) in [6, 6.07) is 3.98. The van der Waals surface area contributed by atoms with E-state index in [1.54, 1.807) is 12.3 Å². The van der Waals surface area contributed by atoms with Gasteiger partial charge < -0.3 is 4.90 Å². The molecule has 4 rings (SSSR count). The predicted molar refractivity (Wildman–Crippen MR) is 87.8 cm³/mol. The summed E-state index contributed by atoms with van der Waals surface area (Å²) in [5.41, 5.74) is 1.78. The topological polar surface area (TPSA) is 29.0 Å². The van der Waals surface area contributed by atoms with E-state index < -0.39 is 11.6 Å². The van der Waals surface area contributed by atoms with Crippen molar-refractivity contribution in [3.8, 4) is 0 Å². The maximum atomic E-state index is 13.6. The second kappa shape index (κ2) is 4.72. The highest BCUT2D eigenvalue weighted by Crippen LogP contribution is 2.60. The largest absolute Gasteiger partial charge is 0.324 e. The Morgan fingerprint density at radius 3 is 2.57 bits per heavy atom. The van der Waals surface area contributed by atoms with Crippen molar-refractivity contribution in [2.75, 3.05) is 11.4 Å². The Bertz CT molecular complexity index is 798. The lowest BCUT2D eigenvalue weighted by Crippen LogP contribution is -2.49. The van der Waals surface area contributed by atoms with E-state index >= 15 is 0 Å². The number of anilines is 2. The lowest BCUT2D eigenvalue weighted by Gasteiger charge is -2.51. The summed E-state index contributed by atoms with van der Waals surface area (Å²) in [6.07, 6.45) is 3.67. The van der Waals surface area contributed by atoms with E-state index in [0.29, 0.717) is 16.8 Å². The highest BCUT2D eigenvalue weighted by Gasteiger charge is 2.57. The fourth-order valence-corrected chi connectivity index (χ4v) is 4.57. The van der Waals surface area contributed by atoms with Gasteiger partial charge in [-0.15, -0.1) is 0 Å². The van der Waals surface area contributed by atoms with E-state index in [2.05, 4.69) is 39.7 Å². The van der Waals surface area contributed by atoms with Crippen molar-refractivity contribution >= 4 is 27.4 Å². The number of halogens is 3. The summed E-state index contributed by atoms with van der Waals surface area (Å²) in [6.45, 7) is 5.18. The molecule has 2 aliphatic rings. The quantitative estimate of drug-likeness (QED) is 0.717. The zero-order valence-corrected chi connectivity index (χ0v) is 14.5.